The molecule has 2 rings (SSSR count). The molecular weight excluding hydrogens is 154 g/mol. The van der Waals surface area contributed by atoms with Gasteiger partial charge in [0.25, 0.3) is 0 Å². The van der Waals surface area contributed by atoms with Gasteiger partial charge in [-0.1, -0.05) is 0 Å². The van der Waals surface area contributed by atoms with Crippen molar-refractivity contribution in [1.82, 2.24) is 15.1 Å². The fraction of sp³-hybridized carbons (Fsp3) is 0.500. The Morgan fingerprint density at radius 2 is 2.42 bits per heavy atom. The summed E-state index contributed by atoms with van der Waals surface area (Å²) < 4.78 is 1.32. The van der Waals surface area contributed by atoms with Crippen LogP contribution in [0.25, 0.3) is 0 Å². The van der Waals surface area contributed by atoms with Gasteiger partial charge in [-0.15, -0.1) is 0 Å². The van der Waals surface area contributed by atoms with Gasteiger partial charge in [0.15, 0.2) is 0 Å². The minimum absolute atomic E-state index is 0.121. The maximum atomic E-state index is 11.3. The molecule has 1 fully saturated rings. The van der Waals surface area contributed by atoms with Gasteiger partial charge in [-0.3, -0.25) is 0 Å². The molecular formula is C8H11N3O. The lowest BCUT2D eigenvalue weighted by Crippen LogP contribution is -2.41. The maximum absolute atomic E-state index is 11.3. The van der Waals surface area contributed by atoms with E-state index in [0.717, 1.165) is 12.8 Å². The largest absolute Gasteiger partial charge is 0.342 e. The monoisotopic (exact) mass is 165 g/mol. The van der Waals surface area contributed by atoms with Gasteiger partial charge >= 0.3 is 6.03 Å². The summed E-state index contributed by atoms with van der Waals surface area (Å²) in [6, 6.07) is 1.99. The third kappa shape index (κ3) is 1.32. The van der Waals surface area contributed by atoms with E-state index in [2.05, 4.69) is 10.4 Å². The maximum Gasteiger partial charge on any atom is 0.342 e. The van der Waals surface area contributed by atoms with Crippen molar-refractivity contribution in [2.45, 2.75) is 25.3 Å². The molecule has 0 aromatic carbocycles. The Morgan fingerprint density at radius 3 is 2.92 bits per heavy atom. The molecule has 4 nitrogen and oxygen atoms in total. The standard InChI is InChI=1S/C8H11N3O/c12-8(10-7-3-1-4-7)11-6-2-5-9-11/h2,5-7H,1,3-4H2,(H,10,12). The first-order valence-corrected chi connectivity index (χ1v) is 4.17. The van der Waals surface area contributed by atoms with E-state index in [1.165, 1.54) is 11.1 Å². The van der Waals surface area contributed by atoms with Crippen molar-refractivity contribution in [2.24, 2.45) is 0 Å². The first-order valence-electron chi connectivity index (χ1n) is 4.17. The molecule has 1 aliphatic rings. The van der Waals surface area contributed by atoms with E-state index in [1.54, 1.807) is 18.5 Å². The predicted octanol–water partition coefficient (Wildman–Crippen LogP) is 0.993. The van der Waals surface area contributed by atoms with Gasteiger partial charge in [0.05, 0.1) is 0 Å². The van der Waals surface area contributed by atoms with Gasteiger partial charge in [0.2, 0.25) is 0 Å². The number of carbonyl (C=O) groups excluding carboxylic acids is 1. The summed E-state index contributed by atoms with van der Waals surface area (Å²) >= 11 is 0. The van der Waals surface area contributed by atoms with Crippen LogP contribution in [0.5, 0.6) is 0 Å². The molecule has 0 aliphatic heterocycles. The van der Waals surface area contributed by atoms with Crippen molar-refractivity contribution in [1.29, 1.82) is 0 Å². The van der Waals surface area contributed by atoms with Crippen LogP contribution in [0.3, 0.4) is 0 Å². The normalized spacial score (nSPS) is 17.0. The third-order valence-corrected chi connectivity index (χ3v) is 2.15. The molecule has 1 amide bonds. The van der Waals surface area contributed by atoms with E-state index < -0.39 is 0 Å². The summed E-state index contributed by atoms with van der Waals surface area (Å²) in [5.74, 6) is 0. The summed E-state index contributed by atoms with van der Waals surface area (Å²) in [6.45, 7) is 0. The molecule has 4 heteroatoms. The highest BCUT2D eigenvalue weighted by Crippen LogP contribution is 2.17. The number of amides is 1. The molecule has 1 aliphatic carbocycles. The molecule has 0 saturated heterocycles. The quantitative estimate of drug-likeness (QED) is 0.674. The number of carbonyl (C=O) groups is 1. The molecule has 1 saturated carbocycles. The van der Waals surface area contributed by atoms with Crippen LogP contribution in [0.15, 0.2) is 18.5 Å². The van der Waals surface area contributed by atoms with E-state index in [4.69, 9.17) is 0 Å². The first-order chi connectivity index (χ1) is 5.86. The molecule has 0 spiro atoms. The minimum atomic E-state index is -0.121. The zero-order chi connectivity index (χ0) is 8.39. The highest BCUT2D eigenvalue weighted by molar-refractivity contribution is 5.75. The van der Waals surface area contributed by atoms with Gasteiger partial charge in [-0.25, -0.2) is 4.79 Å². The lowest BCUT2D eigenvalue weighted by atomic mass is 9.93. The van der Waals surface area contributed by atoms with E-state index >= 15 is 0 Å². The summed E-state index contributed by atoms with van der Waals surface area (Å²) in [5, 5.41) is 6.71. The van der Waals surface area contributed by atoms with Crippen molar-refractivity contribution >= 4 is 6.03 Å². The highest BCUT2D eigenvalue weighted by atomic mass is 16.2. The molecule has 1 N–H and O–H groups in total. The summed E-state index contributed by atoms with van der Waals surface area (Å²) in [4.78, 5) is 11.3. The molecule has 0 atom stereocenters. The van der Waals surface area contributed by atoms with Crippen molar-refractivity contribution in [3.8, 4) is 0 Å². The Morgan fingerprint density at radius 1 is 1.58 bits per heavy atom. The van der Waals surface area contributed by atoms with E-state index in [9.17, 15) is 4.79 Å². The van der Waals surface area contributed by atoms with Crippen LogP contribution < -0.4 is 5.32 Å². The second kappa shape index (κ2) is 2.97. The lowest BCUT2D eigenvalue weighted by molar-refractivity contribution is 0.227. The third-order valence-electron chi connectivity index (χ3n) is 2.15. The number of hydrogen-bond acceptors (Lipinski definition) is 2. The zero-order valence-corrected chi connectivity index (χ0v) is 6.73. The Bertz CT molecular complexity index is 264. The average Bonchev–Trinajstić information content (AvgIpc) is 2.47. The number of aromatic nitrogens is 2. The fourth-order valence-corrected chi connectivity index (χ4v) is 1.18. The number of rotatable bonds is 1. The molecule has 0 bridgehead atoms. The molecule has 0 unspecified atom stereocenters. The average molecular weight is 165 g/mol. The summed E-state index contributed by atoms with van der Waals surface area (Å²) in [7, 11) is 0. The van der Waals surface area contributed by atoms with Crippen LogP contribution in [0.1, 0.15) is 19.3 Å². The Hall–Kier alpha value is -1.32. The second-order valence-electron chi connectivity index (χ2n) is 3.03. The smallest absolute Gasteiger partial charge is 0.333 e. The molecule has 12 heavy (non-hydrogen) atoms. The minimum Gasteiger partial charge on any atom is -0.333 e. The number of nitrogens with one attached hydrogen (secondary N) is 1. The van der Waals surface area contributed by atoms with Crippen LogP contribution in [0.2, 0.25) is 0 Å². The fourth-order valence-electron chi connectivity index (χ4n) is 1.18. The van der Waals surface area contributed by atoms with E-state index in [-0.39, 0.29) is 6.03 Å². The van der Waals surface area contributed by atoms with Gasteiger partial charge in [-0.05, 0) is 25.3 Å². The van der Waals surface area contributed by atoms with Crippen molar-refractivity contribution in [2.75, 3.05) is 0 Å². The van der Waals surface area contributed by atoms with Gasteiger partial charge < -0.3 is 5.32 Å². The van der Waals surface area contributed by atoms with E-state index in [0.29, 0.717) is 6.04 Å². The zero-order valence-electron chi connectivity index (χ0n) is 6.73. The summed E-state index contributed by atoms with van der Waals surface area (Å²) in [5.41, 5.74) is 0. The van der Waals surface area contributed by atoms with Crippen LogP contribution in [-0.4, -0.2) is 21.9 Å². The van der Waals surface area contributed by atoms with Crippen LogP contribution in [0.4, 0.5) is 4.79 Å². The van der Waals surface area contributed by atoms with Gasteiger partial charge in [-0.2, -0.15) is 9.78 Å². The topological polar surface area (TPSA) is 46.9 Å². The Kier molecular flexibility index (Phi) is 1.81. The SMILES string of the molecule is O=C(NC1CCC1)n1cccn1. The molecule has 1 aromatic rings. The number of hydrogen-bond donors (Lipinski definition) is 1. The van der Waals surface area contributed by atoms with Crippen molar-refractivity contribution < 1.29 is 4.79 Å². The van der Waals surface area contributed by atoms with Crippen LogP contribution in [0, 0.1) is 0 Å². The second-order valence-corrected chi connectivity index (χ2v) is 3.03. The summed E-state index contributed by atoms with van der Waals surface area (Å²) in [6.07, 6.45) is 6.68. The van der Waals surface area contributed by atoms with Crippen molar-refractivity contribution in [3.05, 3.63) is 18.5 Å². The first kappa shape index (κ1) is 7.34. The highest BCUT2D eigenvalue weighted by Gasteiger charge is 2.19. The van der Waals surface area contributed by atoms with Crippen LogP contribution >= 0.6 is 0 Å². The lowest BCUT2D eigenvalue weighted by Gasteiger charge is -2.25. The Balaban J connectivity index is 1.92. The van der Waals surface area contributed by atoms with Gasteiger partial charge in [0, 0.05) is 18.4 Å². The van der Waals surface area contributed by atoms with Crippen molar-refractivity contribution in [3.63, 3.8) is 0 Å². The molecule has 1 heterocycles. The Labute approximate surface area is 70.6 Å². The van der Waals surface area contributed by atoms with Crippen LogP contribution in [-0.2, 0) is 0 Å². The predicted molar refractivity (Wildman–Crippen MR) is 43.8 cm³/mol. The number of nitrogens with zero attached hydrogens (tertiary/aromatic N) is 2. The molecule has 0 radical (unpaired) electrons. The molecule has 64 valence electrons. The van der Waals surface area contributed by atoms with E-state index in [1.807, 2.05) is 0 Å². The van der Waals surface area contributed by atoms with Gasteiger partial charge in [0.1, 0.15) is 0 Å². The molecule has 1 aromatic heterocycles.